The highest BCUT2D eigenvalue weighted by molar-refractivity contribution is 7.89. The molecule has 1 fully saturated rings. The molecular weight excluding hydrogens is 382 g/mol. The molecule has 0 aliphatic carbocycles. The number of nitrogens with zero attached hydrogens (tertiary/aromatic N) is 1. The summed E-state index contributed by atoms with van der Waals surface area (Å²) in [5, 5.41) is 0.558. The van der Waals surface area contributed by atoms with Gasteiger partial charge in [0.1, 0.15) is 6.04 Å². The quantitative estimate of drug-likeness (QED) is 0.475. The van der Waals surface area contributed by atoms with Crippen LogP contribution in [-0.2, 0) is 10.0 Å². The van der Waals surface area contributed by atoms with E-state index in [1.54, 1.807) is 66.7 Å². The monoisotopic (exact) mass is 397 g/mol. The van der Waals surface area contributed by atoms with Gasteiger partial charge in [0.15, 0.2) is 5.78 Å². The molecule has 3 aromatic carbocycles. The van der Waals surface area contributed by atoms with Crippen LogP contribution in [0.15, 0.2) is 89.8 Å². The number of sulfonamides is 1. The Morgan fingerprint density at radius 1 is 0.815 bits per heavy atom. The Labute approximate surface area is 163 Å². The molecule has 0 amide bonds. The van der Waals surface area contributed by atoms with Gasteiger partial charge in [0.2, 0.25) is 10.0 Å². The number of carbonyl (C=O) groups excluding carboxylic acids is 1. The second kappa shape index (κ2) is 6.93. The first kappa shape index (κ1) is 17.9. The van der Waals surface area contributed by atoms with E-state index in [0.29, 0.717) is 10.6 Å². The summed E-state index contributed by atoms with van der Waals surface area (Å²) >= 11 is 5.95. The zero-order valence-corrected chi connectivity index (χ0v) is 15.8. The minimum absolute atomic E-state index is 0.173. The zero-order valence-electron chi connectivity index (χ0n) is 14.2. The molecule has 0 radical (unpaired) electrons. The van der Waals surface area contributed by atoms with Gasteiger partial charge in [-0.1, -0.05) is 72.3 Å². The van der Waals surface area contributed by atoms with Crippen molar-refractivity contribution >= 4 is 27.4 Å². The minimum atomic E-state index is -3.80. The van der Waals surface area contributed by atoms with E-state index in [-0.39, 0.29) is 10.7 Å². The topological polar surface area (TPSA) is 54.2 Å². The average Bonchev–Trinajstić information content (AvgIpc) is 3.46. The van der Waals surface area contributed by atoms with Gasteiger partial charge in [0, 0.05) is 10.6 Å². The Kier molecular flexibility index (Phi) is 4.60. The molecule has 1 aliphatic rings. The summed E-state index contributed by atoms with van der Waals surface area (Å²) in [6.45, 7) is 0. The lowest BCUT2D eigenvalue weighted by Gasteiger charge is -2.07. The molecule has 0 saturated carbocycles. The number of halogens is 1. The van der Waals surface area contributed by atoms with Gasteiger partial charge in [-0.25, -0.2) is 8.42 Å². The van der Waals surface area contributed by atoms with Crippen LogP contribution in [0.3, 0.4) is 0 Å². The third kappa shape index (κ3) is 3.30. The van der Waals surface area contributed by atoms with Gasteiger partial charge in [-0.05, 0) is 29.8 Å². The van der Waals surface area contributed by atoms with Crippen molar-refractivity contribution in [3.63, 3.8) is 0 Å². The lowest BCUT2D eigenvalue weighted by Crippen LogP contribution is -2.19. The van der Waals surface area contributed by atoms with E-state index in [1.165, 1.54) is 16.4 Å². The third-order valence-electron chi connectivity index (χ3n) is 4.61. The standard InChI is InChI=1S/C21H16ClNO3S/c22-17-13-11-15(12-14-17)19-20(21(24)16-7-3-1-4-8-16)23(19)27(25,26)18-9-5-2-6-10-18/h1-14,19-20H/t19-,20-,23?/m0/s1. The van der Waals surface area contributed by atoms with Crippen molar-refractivity contribution in [3.8, 4) is 0 Å². The predicted molar refractivity (Wildman–Crippen MR) is 104 cm³/mol. The van der Waals surface area contributed by atoms with Gasteiger partial charge in [0.05, 0.1) is 10.9 Å². The van der Waals surface area contributed by atoms with Gasteiger partial charge in [-0.3, -0.25) is 4.79 Å². The van der Waals surface area contributed by atoms with E-state index in [9.17, 15) is 13.2 Å². The molecule has 0 N–H and O–H groups in total. The smallest absolute Gasteiger partial charge is 0.244 e. The Bertz CT molecular complexity index is 1070. The summed E-state index contributed by atoms with van der Waals surface area (Å²) in [5.41, 5.74) is 1.24. The molecule has 0 aromatic heterocycles. The molecule has 4 rings (SSSR count). The lowest BCUT2D eigenvalue weighted by atomic mass is 10.0. The number of carbonyl (C=O) groups is 1. The number of ketones is 1. The first-order valence-electron chi connectivity index (χ1n) is 8.43. The van der Waals surface area contributed by atoms with Gasteiger partial charge < -0.3 is 0 Å². The molecule has 6 heteroatoms. The van der Waals surface area contributed by atoms with Gasteiger partial charge in [0.25, 0.3) is 0 Å². The molecule has 136 valence electrons. The van der Waals surface area contributed by atoms with Crippen molar-refractivity contribution in [3.05, 3.63) is 101 Å². The normalized spacial score (nSPS) is 21.6. The maximum absolute atomic E-state index is 13.1. The van der Waals surface area contributed by atoms with E-state index >= 15 is 0 Å². The van der Waals surface area contributed by atoms with E-state index in [1.807, 2.05) is 6.07 Å². The number of hydrogen-bond acceptors (Lipinski definition) is 3. The molecule has 0 spiro atoms. The Hall–Kier alpha value is -2.47. The van der Waals surface area contributed by atoms with Crippen molar-refractivity contribution in [2.24, 2.45) is 0 Å². The summed E-state index contributed by atoms with van der Waals surface area (Å²) in [6.07, 6.45) is 0. The van der Waals surface area contributed by atoms with E-state index in [2.05, 4.69) is 0 Å². The molecule has 1 heterocycles. The second-order valence-corrected chi connectivity index (χ2v) is 8.60. The highest BCUT2D eigenvalue weighted by atomic mass is 35.5. The van der Waals surface area contributed by atoms with Crippen LogP contribution in [-0.4, -0.2) is 24.5 Å². The van der Waals surface area contributed by atoms with Gasteiger partial charge in [-0.2, -0.15) is 4.31 Å². The summed E-state index contributed by atoms with van der Waals surface area (Å²) in [7, 11) is -3.80. The van der Waals surface area contributed by atoms with Crippen molar-refractivity contribution in [1.29, 1.82) is 0 Å². The third-order valence-corrected chi connectivity index (χ3v) is 6.74. The Balaban J connectivity index is 1.75. The van der Waals surface area contributed by atoms with Crippen molar-refractivity contribution in [2.75, 3.05) is 0 Å². The average molecular weight is 398 g/mol. The first-order chi connectivity index (χ1) is 13.0. The van der Waals surface area contributed by atoms with Crippen LogP contribution >= 0.6 is 11.6 Å². The number of Topliss-reactive ketones (excluding diaryl/α,β-unsaturated/α-hetero) is 1. The minimum Gasteiger partial charge on any atom is -0.292 e. The molecular formula is C21H16ClNO3S. The second-order valence-electron chi connectivity index (χ2n) is 6.32. The van der Waals surface area contributed by atoms with Crippen LogP contribution in [0.4, 0.5) is 0 Å². The highest BCUT2D eigenvalue weighted by Crippen LogP contribution is 2.49. The number of benzene rings is 3. The van der Waals surface area contributed by atoms with E-state index < -0.39 is 22.1 Å². The molecule has 27 heavy (non-hydrogen) atoms. The maximum atomic E-state index is 13.1. The largest absolute Gasteiger partial charge is 0.292 e. The van der Waals surface area contributed by atoms with Crippen LogP contribution in [0.25, 0.3) is 0 Å². The van der Waals surface area contributed by atoms with E-state index in [0.717, 1.165) is 5.56 Å². The Morgan fingerprint density at radius 3 is 1.96 bits per heavy atom. The fourth-order valence-corrected chi connectivity index (χ4v) is 5.11. The highest BCUT2D eigenvalue weighted by Gasteiger charge is 2.60. The molecule has 1 saturated heterocycles. The Morgan fingerprint density at radius 2 is 1.37 bits per heavy atom. The molecule has 1 aliphatic heterocycles. The molecule has 1 unspecified atom stereocenters. The van der Waals surface area contributed by atoms with Crippen LogP contribution in [0, 0.1) is 0 Å². The molecule has 3 atom stereocenters. The maximum Gasteiger partial charge on any atom is 0.244 e. The summed E-state index contributed by atoms with van der Waals surface area (Å²) < 4.78 is 27.6. The van der Waals surface area contributed by atoms with Crippen LogP contribution in [0.5, 0.6) is 0 Å². The lowest BCUT2D eigenvalue weighted by molar-refractivity contribution is 0.0981. The SMILES string of the molecule is O=C(c1ccccc1)[C@@H]1[C@H](c2ccc(Cl)cc2)N1S(=O)(=O)c1ccccc1. The molecule has 4 nitrogen and oxygen atoms in total. The fraction of sp³-hybridized carbons (Fsp3) is 0.0952. The van der Waals surface area contributed by atoms with Gasteiger partial charge >= 0.3 is 0 Å². The van der Waals surface area contributed by atoms with Crippen LogP contribution in [0.2, 0.25) is 5.02 Å². The summed E-state index contributed by atoms with van der Waals surface area (Å²) in [4.78, 5) is 13.2. The number of hydrogen-bond donors (Lipinski definition) is 0. The summed E-state index contributed by atoms with van der Waals surface area (Å²) in [5.74, 6) is -0.213. The van der Waals surface area contributed by atoms with E-state index in [4.69, 9.17) is 11.6 Å². The van der Waals surface area contributed by atoms with Crippen LogP contribution in [0.1, 0.15) is 22.0 Å². The summed E-state index contributed by atoms with van der Waals surface area (Å²) in [6, 6.07) is 22.5. The fourth-order valence-electron chi connectivity index (χ4n) is 3.25. The van der Waals surface area contributed by atoms with Gasteiger partial charge in [-0.15, -0.1) is 0 Å². The van der Waals surface area contributed by atoms with Crippen molar-refractivity contribution in [1.82, 2.24) is 4.31 Å². The predicted octanol–water partition coefficient (Wildman–Crippen LogP) is 4.34. The van der Waals surface area contributed by atoms with Crippen molar-refractivity contribution < 1.29 is 13.2 Å². The van der Waals surface area contributed by atoms with Crippen molar-refractivity contribution in [2.45, 2.75) is 17.0 Å². The van der Waals surface area contributed by atoms with Crippen LogP contribution < -0.4 is 0 Å². The first-order valence-corrected chi connectivity index (χ1v) is 10.3. The zero-order chi connectivity index (χ0) is 19.0. The molecule has 0 bridgehead atoms. The molecule has 3 aromatic rings. The number of rotatable bonds is 5.